The van der Waals surface area contributed by atoms with E-state index in [1.54, 1.807) is 6.07 Å². The van der Waals surface area contributed by atoms with E-state index in [2.05, 4.69) is 4.90 Å². The number of halogens is 2. The minimum absolute atomic E-state index is 0. The Balaban J connectivity index is 0.00000128. The first-order chi connectivity index (χ1) is 7.16. The molecule has 0 aromatic heterocycles. The number of benzene rings is 1. The number of rotatable bonds is 2. The van der Waals surface area contributed by atoms with Crippen LogP contribution in [0.15, 0.2) is 18.2 Å². The lowest BCUT2D eigenvalue weighted by Crippen LogP contribution is -2.38. The standard InChI is InChI=1S/C12H17FN2.ClH/c1-9(14)8-15-6-2-3-10-7-11(13)4-5-12(10)15;/h4-5,7,9H,2-3,6,8,14H2,1H3;1H. The summed E-state index contributed by atoms with van der Waals surface area (Å²) in [5.74, 6) is -0.142. The van der Waals surface area contributed by atoms with Crippen molar-refractivity contribution in [1.29, 1.82) is 0 Å². The molecule has 0 amide bonds. The number of hydrogen-bond acceptors (Lipinski definition) is 2. The fourth-order valence-electron chi connectivity index (χ4n) is 2.18. The number of anilines is 1. The van der Waals surface area contributed by atoms with Crippen molar-refractivity contribution in [1.82, 2.24) is 0 Å². The van der Waals surface area contributed by atoms with Crippen molar-refractivity contribution >= 4 is 18.1 Å². The quantitative estimate of drug-likeness (QED) is 0.866. The maximum atomic E-state index is 13.0. The molecule has 2 N–H and O–H groups in total. The largest absolute Gasteiger partial charge is 0.370 e. The zero-order chi connectivity index (χ0) is 10.8. The third-order valence-corrected chi connectivity index (χ3v) is 2.76. The summed E-state index contributed by atoms with van der Waals surface area (Å²) in [7, 11) is 0. The molecule has 1 unspecified atom stereocenters. The Hall–Kier alpha value is -0.800. The third kappa shape index (κ3) is 2.86. The monoisotopic (exact) mass is 244 g/mol. The van der Waals surface area contributed by atoms with Crippen LogP contribution in [0.2, 0.25) is 0 Å². The van der Waals surface area contributed by atoms with E-state index in [1.165, 1.54) is 6.07 Å². The molecule has 1 aromatic rings. The number of fused-ring (bicyclic) bond motifs is 1. The van der Waals surface area contributed by atoms with E-state index in [1.807, 2.05) is 13.0 Å². The first kappa shape index (κ1) is 13.3. The minimum atomic E-state index is -0.142. The van der Waals surface area contributed by atoms with Crippen LogP contribution in [-0.4, -0.2) is 19.1 Å². The highest BCUT2D eigenvalue weighted by Crippen LogP contribution is 2.27. The summed E-state index contributed by atoms with van der Waals surface area (Å²) >= 11 is 0. The second-order valence-corrected chi connectivity index (χ2v) is 4.30. The molecule has 0 saturated carbocycles. The zero-order valence-corrected chi connectivity index (χ0v) is 10.3. The summed E-state index contributed by atoms with van der Waals surface area (Å²) in [6.07, 6.45) is 2.06. The van der Waals surface area contributed by atoms with E-state index >= 15 is 0 Å². The number of nitrogens with zero attached hydrogens (tertiary/aromatic N) is 1. The fourth-order valence-corrected chi connectivity index (χ4v) is 2.18. The summed E-state index contributed by atoms with van der Waals surface area (Å²) < 4.78 is 13.0. The molecule has 0 bridgehead atoms. The summed E-state index contributed by atoms with van der Waals surface area (Å²) in [6.45, 7) is 3.87. The van der Waals surface area contributed by atoms with E-state index in [-0.39, 0.29) is 24.3 Å². The van der Waals surface area contributed by atoms with Gasteiger partial charge in [0.15, 0.2) is 0 Å². The first-order valence-corrected chi connectivity index (χ1v) is 5.46. The van der Waals surface area contributed by atoms with Gasteiger partial charge in [-0.3, -0.25) is 0 Å². The highest BCUT2D eigenvalue weighted by molar-refractivity contribution is 5.85. The number of hydrogen-bond donors (Lipinski definition) is 1. The lowest BCUT2D eigenvalue weighted by atomic mass is 10.0. The van der Waals surface area contributed by atoms with Crippen molar-refractivity contribution in [3.8, 4) is 0 Å². The van der Waals surface area contributed by atoms with E-state index in [0.29, 0.717) is 0 Å². The van der Waals surface area contributed by atoms with E-state index in [4.69, 9.17) is 5.73 Å². The van der Waals surface area contributed by atoms with Crippen molar-refractivity contribution in [2.75, 3.05) is 18.0 Å². The molecule has 1 aliphatic heterocycles. The highest BCUT2D eigenvalue weighted by Gasteiger charge is 2.17. The Morgan fingerprint density at radius 2 is 2.25 bits per heavy atom. The van der Waals surface area contributed by atoms with Gasteiger partial charge in [0.05, 0.1) is 0 Å². The fraction of sp³-hybridized carbons (Fsp3) is 0.500. The van der Waals surface area contributed by atoms with Crippen molar-refractivity contribution in [2.24, 2.45) is 5.73 Å². The number of aryl methyl sites for hydroxylation is 1. The predicted octanol–water partition coefficient (Wildman–Crippen LogP) is 2.35. The molecule has 0 fully saturated rings. The molecule has 1 aliphatic rings. The molecule has 0 spiro atoms. The van der Waals surface area contributed by atoms with Gasteiger partial charge in [0, 0.05) is 24.8 Å². The molecule has 2 nitrogen and oxygen atoms in total. The van der Waals surface area contributed by atoms with Gasteiger partial charge in [-0.15, -0.1) is 12.4 Å². The second-order valence-electron chi connectivity index (χ2n) is 4.30. The molecule has 0 radical (unpaired) electrons. The molecule has 2 rings (SSSR count). The highest BCUT2D eigenvalue weighted by atomic mass is 35.5. The van der Waals surface area contributed by atoms with Crippen LogP contribution in [0.3, 0.4) is 0 Å². The van der Waals surface area contributed by atoms with E-state index in [9.17, 15) is 4.39 Å². The number of nitrogens with two attached hydrogens (primary N) is 1. The maximum Gasteiger partial charge on any atom is 0.123 e. The molecule has 1 heterocycles. The lowest BCUT2D eigenvalue weighted by Gasteiger charge is -2.32. The average Bonchev–Trinajstić information content (AvgIpc) is 2.16. The third-order valence-electron chi connectivity index (χ3n) is 2.76. The Kier molecular flexibility index (Phi) is 4.56. The van der Waals surface area contributed by atoms with Gasteiger partial charge in [-0.2, -0.15) is 0 Å². The topological polar surface area (TPSA) is 29.3 Å². The van der Waals surface area contributed by atoms with Gasteiger partial charge in [0.25, 0.3) is 0 Å². The SMILES string of the molecule is CC(N)CN1CCCc2cc(F)ccc21.Cl. The van der Waals surface area contributed by atoms with Crippen molar-refractivity contribution in [2.45, 2.75) is 25.8 Å². The van der Waals surface area contributed by atoms with Crippen molar-refractivity contribution in [3.63, 3.8) is 0 Å². The van der Waals surface area contributed by atoms with Crippen LogP contribution in [0.1, 0.15) is 18.9 Å². The molecule has 1 aromatic carbocycles. The molecule has 16 heavy (non-hydrogen) atoms. The van der Waals surface area contributed by atoms with Crippen molar-refractivity contribution < 1.29 is 4.39 Å². The predicted molar refractivity (Wildman–Crippen MR) is 67.8 cm³/mol. The van der Waals surface area contributed by atoms with Crippen LogP contribution in [0.5, 0.6) is 0 Å². The normalized spacial score (nSPS) is 16.3. The van der Waals surface area contributed by atoms with Gasteiger partial charge in [-0.1, -0.05) is 0 Å². The summed E-state index contributed by atoms with van der Waals surface area (Å²) in [5.41, 5.74) is 8.06. The average molecular weight is 245 g/mol. The smallest absolute Gasteiger partial charge is 0.123 e. The minimum Gasteiger partial charge on any atom is -0.370 e. The second kappa shape index (κ2) is 5.51. The van der Waals surface area contributed by atoms with Crippen molar-refractivity contribution in [3.05, 3.63) is 29.6 Å². The van der Waals surface area contributed by atoms with Gasteiger partial charge in [-0.05, 0) is 43.5 Å². The molecule has 90 valence electrons. The van der Waals surface area contributed by atoms with Gasteiger partial charge in [0.2, 0.25) is 0 Å². The maximum absolute atomic E-state index is 13.0. The Morgan fingerprint density at radius 3 is 2.94 bits per heavy atom. The molecular formula is C12H18ClFN2. The lowest BCUT2D eigenvalue weighted by molar-refractivity contribution is 0.609. The van der Waals surface area contributed by atoms with Crippen LogP contribution in [-0.2, 0) is 6.42 Å². The van der Waals surface area contributed by atoms with Crippen LogP contribution < -0.4 is 10.6 Å². The molecular weight excluding hydrogens is 227 g/mol. The van der Waals surface area contributed by atoms with Crippen LogP contribution in [0.4, 0.5) is 10.1 Å². The van der Waals surface area contributed by atoms with Gasteiger partial charge in [-0.25, -0.2) is 4.39 Å². The molecule has 0 aliphatic carbocycles. The van der Waals surface area contributed by atoms with Crippen LogP contribution >= 0.6 is 12.4 Å². The summed E-state index contributed by atoms with van der Waals surface area (Å²) in [5, 5.41) is 0. The Labute approximate surface area is 102 Å². The van der Waals surface area contributed by atoms with Gasteiger partial charge >= 0.3 is 0 Å². The molecule has 0 saturated heterocycles. The molecule has 4 heteroatoms. The van der Waals surface area contributed by atoms with Crippen LogP contribution in [0.25, 0.3) is 0 Å². The van der Waals surface area contributed by atoms with Gasteiger partial charge < -0.3 is 10.6 Å². The zero-order valence-electron chi connectivity index (χ0n) is 9.45. The van der Waals surface area contributed by atoms with Gasteiger partial charge in [0.1, 0.15) is 5.82 Å². The summed E-state index contributed by atoms with van der Waals surface area (Å²) in [4.78, 5) is 2.25. The summed E-state index contributed by atoms with van der Waals surface area (Å²) in [6, 6.07) is 5.19. The van der Waals surface area contributed by atoms with E-state index in [0.717, 1.165) is 37.2 Å². The molecule has 1 atom stereocenters. The first-order valence-electron chi connectivity index (χ1n) is 5.46. The van der Waals surface area contributed by atoms with Crippen LogP contribution in [0, 0.1) is 5.82 Å². The Bertz CT molecular complexity index is 355. The van der Waals surface area contributed by atoms with E-state index < -0.39 is 0 Å². The Morgan fingerprint density at radius 1 is 1.50 bits per heavy atom.